The van der Waals surface area contributed by atoms with E-state index in [0.29, 0.717) is 10.6 Å². The van der Waals surface area contributed by atoms with Gasteiger partial charge in [0.1, 0.15) is 16.6 Å². The van der Waals surface area contributed by atoms with Crippen LogP contribution in [0.3, 0.4) is 0 Å². The number of aromatic nitrogens is 1. The molecule has 3 rings (SSSR count). The first kappa shape index (κ1) is 18.4. The third kappa shape index (κ3) is 4.21. The lowest BCUT2D eigenvalue weighted by Gasteiger charge is -2.05. The van der Waals surface area contributed by atoms with E-state index >= 15 is 0 Å². The van der Waals surface area contributed by atoms with Crippen molar-refractivity contribution in [2.45, 2.75) is 20.3 Å². The van der Waals surface area contributed by atoms with E-state index in [4.69, 9.17) is 0 Å². The van der Waals surface area contributed by atoms with E-state index in [1.807, 2.05) is 30.5 Å². The molecule has 1 N–H and O–H groups in total. The molecule has 0 saturated carbocycles. The van der Waals surface area contributed by atoms with Crippen LogP contribution in [-0.4, -0.2) is 4.98 Å². The number of halogens is 1. The number of benzene rings is 2. The third-order valence-electron chi connectivity index (χ3n) is 4.01. The molecule has 3 aromatic rings. The van der Waals surface area contributed by atoms with Crippen molar-refractivity contribution in [3.05, 3.63) is 74.7 Å². The molecule has 0 spiro atoms. The molecule has 0 radical (unpaired) electrons. The van der Waals surface area contributed by atoms with Crippen molar-refractivity contribution in [2.24, 2.45) is 0 Å². The first-order valence-corrected chi connectivity index (χ1v) is 9.96. The maximum absolute atomic E-state index is 9.52. The molecule has 1 heterocycles. The highest BCUT2D eigenvalue weighted by Crippen LogP contribution is 2.28. The smallest absolute Gasteiger partial charge is 0.136 e. The summed E-state index contributed by atoms with van der Waals surface area (Å²) in [5.41, 5.74) is 5.86. The highest BCUT2D eigenvalue weighted by atomic mass is 79.9. The summed E-state index contributed by atoms with van der Waals surface area (Å²) in [6.07, 6.45) is 2.72. The van der Waals surface area contributed by atoms with Crippen LogP contribution in [0, 0.1) is 18.3 Å². The van der Waals surface area contributed by atoms with Crippen LogP contribution in [0.25, 0.3) is 16.8 Å². The van der Waals surface area contributed by atoms with Gasteiger partial charge in [-0.25, -0.2) is 4.98 Å². The number of allylic oxidation sites excluding steroid dienone is 1. The Balaban J connectivity index is 1.82. The Bertz CT molecular complexity index is 981. The van der Waals surface area contributed by atoms with Crippen molar-refractivity contribution in [3.63, 3.8) is 0 Å². The second-order valence-electron chi connectivity index (χ2n) is 5.89. The minimum atomic E-state index is 0.513. The summed E-state index contributed by atoms with van der Waals surface area (Å²) >= 11 is 5.01. The van der Waals surface area contributed by atoms with E-state index in [9.17, 15) is 5.26 Å². The predicted molar refractivity (Wildman–Crippen MR) is 113 cm³/mol. The topological polar surface area (TPSA) is 48.7 Å². The van der Waals surface area contributed by atoms with Gasteiger partial charge in [-0.15, -0.1) is 11.3 Å². The molecule has 3 nitrogen and oxygen atoms in total. The molecule has 0 aliphatic heterocycles. The normalized spacial score (nSPS) is 11.2. The van der Waals surface area contributed by atoms with E-state index in [1.165, 1.54) is 22.5 Å². The Morgan fingerprint density at radius 1 is 1.27 bits per heavy atom. The Labute approximate surface area is 166 Å². The fourth-order valence-electron chi connectivity index (χ4n) is 2.47. The van der Waals surface area contributed by atoms with E-state index in [2.05, 4.69) is 63.5 Å². The van der Waals surface area contributed by atoms with Crippen molar-refractivity contribution in [3.8, 4) is 17.3 Å². The zero-order chi connectivity index (χ0) is 18.5. The molecular weight excluding hydrogens is 406 g/mol. The van der Waals surface area contributed by atoms with E-state index in [0.717, 1.165) is 27.8 Å². The lowest BCUT2D eigenvalue weighted by Crippen LogP contribution is -1.92. The van der Waals surface area contributed by atoms with Crippen molar-refractivity contribution in [2.75, 3.05) is 5.32 Å². The summed E-state index contributed by atoms with van der Waals surface area (Å²) in [5.74, 6) is 0. The quantitative estimate of drug-likeness (QED) is 0.481. The average molecular weight is 424 g/mol. The summed E-state index contributed by atoms with van der Waals surface area (Å²) < 4.78 is 0.960. The van der Waals surface area contributed by atoms with Gasteiger partial charge in [0.05, 0.1) is 11.4 Å². The number of nitrogens with zero attached hydrogens (tertiary/aromatic N) is 2. The number of nitriles is 1. The van der Waals surface area contributed by atoms with Gasteiger partial charge in [0.25, 0.3) is 0 Å². The zero-order valence-corrected chi connectivity index (χ0v) is 17.0. The zero-order valence-electron chi connectivity index (χ0n) is 14.6. The minimum absolute atomic E-state index is 0.513. The number of hydrogen-bond donors (Lipinski definition) is 1. The molecular formula is C21H18BrN3S. The molecule has 5 heteroatoms. The highest BCUT2D eigenvalue weighted by Gasteiger charge is 2.09. The first-order chi connectivity index (χ1) is 12.6. The van der Waals surface area contributed by atoms with Crippen molar-refractivity contribution < 1.29 is 0 Å². The fraction of sp³-hybridized carbons (Fsp3) is 0.143. The van der Waals surface area contributed by atoms with Crippen LogP contribution in [0.4, 0.5) is 5.69 Å². The van der Waals surface area contributed by atoms with Crippen LogP contribution in [0.2, 0.25) is 0 Å². The molecule has 0 aliphatic carbocycles. The van der Waals surface area contributed by atoms with Crippen LogP contribution in [0.15, 0.2) is 58.5 Å². The number of nitrogens with one attached hydrogen (secondary N) is 1. The molecule has 0 unspecified atom stereocenters. The number of hydrogen-bond acceptors (Lipinski definition) is 4. The summed E-state index contributed by atoms with van der Waals surface area (Å²) in [6.45, 7) is 4.18. The first-order valence-electron chi connectivity index (χ1n) is 8.29. The molecule has 0 saturated heterocycles. The van der Waals surface area contributed by atoms with Gasteiger partial charge in [-0.05, 0) is 52.5 Å². The van der Waals surface area contributed by atoms with Crippen LogP contribution in [-0.2, 0) is 6.42 Å². The number of aryl methyl sites for hydroxylation is 2. The molecule has 2 aromatic carbocycles. The molecule has 0 aliphatic rings. The fourth-order valence-corrected chi connectivity index (χ4v) is 3.87. The molecule has 0 atom stereocenters. The Morgan fingerprint density at radius 2 is 2.04 bits per heavy atom. The van der Waals surface area contributed by atoms with E-state index < -0.39 is 0 Å². The standard InChI is InChI=1S/C21H18BrN3S/c1-3-15-5-7-16(8-6-15)20-13-26-21(25-20)17(11-23)12-24-19-9-4-14(2)10-18(19)22/h4-10,12-13,24H,3H2,1-2H3. The van der Waals surface area contributed by atoms with Gasteiger partial charge in [0, 0.05) is 21.6 Å². The minimum Gasteiger partial charge on any atom is -0.359 e. The summed E-state index contributed by atoms with van der Waals surface area (Å²) in [7, 11) is 0. The highest BCUT2D eigenvalue weighted by molar-refractivity contribution is 9.10. The lowest BCUT2D eigenvalue weighted by atomic mass is 10.1. The van der Waals surface area contributed by atoms with Crippen LogP contribution >= 0.6 is 27.3 Å². The van der Waals surface area contributed by atoms with Crippen LogP contribution < -0.4 is 5.32 Å². The average Bonchev–Trinajstić information content (AvgIpc) is 3.14. The molecule has 0 fully saturated rings. The Kier molecular flexibility index (Phi) is 5.87. The third-order valence-corrected chi connectivity index (χ3v) is 5.54. The van der Waals surface area contributed by atoms with Gasteiger partial charge in [-0.1, -0.05) is 37.3 Å². The maximum Gasteiger partial charge on any atom is 0.136 e. The largest absolute Gasteiger partial charge is 0.359 e. The van der Waals surface area contributed by atoms with Crippen LogP contribution in [0.5, 0.6) is 0 Å². The maximum atomic E-state index is 9.52. The Hall–Kier alpha value is -2.42. The van der Waals surface area contributed by atoms with Gasteiger partial charge in [0.15, 0.2) is 0 Å². The summed E-state index contributed by atoms with van der Waals surface area (Å²) in [4.78, 5) is 4.63. The van der Waals surface area contributed by atoms with Gasteiger partial charge in [-0.3, -0.25) is 0 Å². The molecule has 0 amide bonds. The van der Waals surface area contributed by atoms with Gasteiger partial charge in [-0.2, -0.15) is 5.26 Å². The summed E-state index contributed by atoms with van der Waals surface area (Å²) in [6, 6.07) is 16.7. The molecule has 26 heavy (non-hydrogen) atoms. The van der Waals surface area contributed by atoms with E-state index in [-0.39, 0.29) is 0 Å². The Morgan fingerprint density at radius 3 is 2.69 bits per heavy atom. The van der Waals surface area contributed by atoms with Gasteiger partial charge in [0.2, 0.25) is 0 Å². The lowest BCUT2D eigenvalue weighted by molar-refractivity contribution is 1.14. The number of anilines is 1. The second-order valence-corrected chi connectivity index (χ2v) is 7.60. The molecule has 130 valence electrons. The molecule has 1 aromatic heterocycles. The van der Waals surface area contributed by atoms with Crippen molar-refractivity contribution >= 4 is 38.5 Å². The number of thiazole rings is 1. The van der Waals surface area contributed by atoms with Crippen molar-refractivity contribution in [1.29, 1.82) is 5.26 Å². The SMILES string of the molecule is CCc1ccc(-c2csc(C(C#N)=CNc3ccc(C)cc3Br)n2)cc1. The van der Waals surface area contributed by atoms with Crippen molar-refractivity contribution in [1.82, 2.24) is 4.98 Å². The second kappa shape index (κ2) is 8.31. The monoisotopic (exact) mass is 423 g/mol. The molecule has 0 bridgehead atoms. The summed E-state index contributed by atoms with van der Waals surface area (Å²) in [5, 5.41) is 15.4. The predicted octanol–water partition coefficient (Wildman–Crippen LogP) is 6.42. The van der Waals surface area contributed by atoms with Crippen LogP contribution in [0.1, 0.15) is 23.1 Å². The van der Waals surface area contributed by atoms with Gasteiger partial charge >= 0.3 is 0 Å². The number of rotatable bonds is 5. The van der Waals surface area contributed by atoms with E-state index in [1.54, 1.807) is 6.20 Å². The van der Waals surface area contributed by atoms with Gasteiger partial charge < -0.3 is 5.32 Å².